The van der Waals surface area contributed by atoms with Crippen LogP contribution in [0, 0.1) is 17.8 Å². The van der Waals surface area contributed by atoms with Gasteiger partial charge in [-0.1, -0.05) is 13.3 Å². The minimum atomic E-state index is 0.750. The summed E-state index contributed by atoms with van der Waals surface area (Å²) < 4.78 is 0. The van der Waals surface area contributed by atoms with E-state index in [1.807, 2.05) is 11.3 Å². The highest BCUT2D eigenvalue weighted by atomic mass is 32.1. The van der Waals surface area contributed by atoms with Crippen LogP contribution in [0.15, 0.2) is 16.8 Å². The molecule has 3 atom stereocenters. The largest absolute Gasteiger partial charge is 0.313 e. The van der Waals surface area contributed by atoms with Crippen LogP contribution in [0.2, 0.25) is 0 Å². The van der Waals surface area contributed by atoms with Gasteiger partial charge >= 0.3 is 0 Å². The van der Waals surface area contributed by atoms with Crippen LogP contribution in [-0.4, -0.2) is 12.6 Å². The Hall–Kier alpha value is -0.340. The number of thiophene rings is 1. The summed E-state index contributed by atoms with van der Waals surface area (Å²) in [4.78, 5) is 0. The third-order valence-corrected chi connectivity index (χ3v) is 5.36. The van der Waals surface area contributed by atoms with Gasteiger partial charge in [-0.15, -0.1) is 0 Å². The molecule has 0 aliphatic heterocycles. The van der Waals surface area contributed by atoms with Gasteiger partial charge in [-0.2, -0.15) is 11.3 Å². The number of nitrogens with one attached hydrogen (secondary N) is 1. The summed E-state index contributed by atoms with van der Waals surface area (Å²) in [5.74, 6) is 3.14. The molecule has 0 amide bonds. The van der Waals surface area contributed by atoms with Gasteiger partial charge in [0.25, 0.3) is 0 Å². The summed E-state index contributed by atoms with van der Waals surface area (Å²) in [6.07, 6.45) is 7.00. The van der Waals surface area contributed by atoms with Crippen LogP contribution in [0.3, 0.4) is 0 Å². The summed E-state index contributed by atoms with van der Waals surface area (Å²) in [6, 6.07) is 3.04. The second-order valence-corrected chi connectivity index (χ2v) is 6.51. The normalized spacial score (nSPS) is 32.4. The Kier molecular flexibility index (Phi) is 3.53. The molecule has 0 aromatic carbocycles. The lowest BCUT2D eigenvalue weighted by atomic mass is 9.98. The Morgan fingerprint density at radius 2 is 2.24 bits per heavy atom. The average Bonchev–Trinajstić information content (AvgIpc) is 2.81. The fourth-order valence-corrected chi connectivity index (χ4v) is 4.49. The Morgan fingerprint density at radius 1 is 1.41 bits per heavy atom. The summed E-state index contributed by atoms with van der Waals surface area (Å²) in [5, 5.41) is 8.33. The third kappa shape index (κ3) is 2.43. The first-order valence-corrected chi connectivity index (χ1v) is 8.09. The van der Waals surface area contributed by atoms with Crippen molar-refractivity contribution >= 4 is 11.3 Å². The molecule has 0 radical (unpaired) electrons. The first-order chi connectivity index (χ1) is 8.40. The van der Waals surface area contributed by atoms with Crippen molar-refractivity contribution in [2.24, 2.45) is 17.8 Å². The Morgan fingerprint density at radius 3 is 2.88 bits per heavy atom. The van der Waals surface area contributed by atoms with E-state index in [9.17, 15) is 0 Å². The Bertz CT molecular complexity index is 336. The Balaban J connectivity index is 1.61. The zero-order chi connectivity index (χ0) is 11.7. The minimum absolute atomic E-state index is 0.750. The maximum absolute atomic E-state index is 3.80. The molecule has 2 fully saturated rings. The van der Waals surface area contributed by atoms with Gasteiger partial charge in [-0.25, -0.2) is 0 Å². The van der Waals surface area contributed by atoms with E-state index < -0.39 is 0 Å². The molecular formula is C15H23NS. The number of fused-ring (bicyclic) bond motifs is 1. The van der Waals surface area contributed by atoms with Crippen LogP contribution in [0.4, 0.5) is 0 Å². The SMILES string of the molecule is CCCNC(Cc1ccsc1)C1C2CCCC21. The maximum Gasteiger partial charge on any atom is 0.0141 e. The molecule has 2 heteroatoms. The van der Waals surface area contributed by atoms with Crippen LogP contribution in [0.5, 0.6) is 0 Å². The van der Waals surface area contributed by atoms with E-state index in [0.717, 1.165) is 23.8 Å². The van der Waals surface area contributed by atoms with Crippen molar-refractivity contribution in [3.8, 4) is 0 Å². The highest BCUT2D eigenvalue weighted by molar-refractivity contribution is 7.07. The van der Waals surface area contributed by atoms with Crippen LogP contribution in [0.1, 0.15) is 38.2 Å². The van der Waals surface area contributed by atoms with E-state index in [4.69, 9.17) is 0 Å². The summed E-state index contributed by atoms with van der Waals surface area (Å²) in [6.45, 7) is 3.45. The van der Waals surface area contributed by atoms with Gasteiger partial charge in [-0.05, 0) is 72.4 Å². The monoisotopic (exact) mass is 249 g/mol. The fraction of sp³-hybridized carbons (Fsp3) is 0.733. The van der Waals surface area contributed by atoms with E-state index in [1.165, 1.54) is 44.2 Å². The number of hydrogen-bond donors (Lipinski definition) is 1. The summed E-state index contributed by atoms with van der Waals surface area (Å²) >= 11 is 1.83. The van der Waals surface area contributed by atoms with Crippen LogP contribution < -0.4 is 5.32 Å². The maximum atomic E-state index is 3.80. The standard InChI is InChI=1S/C15H23NS/c1-2-7-16-14(9-11-6-8-17-10-11)15-12-4-3-5-13(12)15/h6,8,10,12-16H,2-5,7,9H2,1H3. The topological polar surface area (TPSA) is 12.0 Å². The Labute approximate surface area is 109 Å². The van der Waals surface area contributed by atoms with Crippen molar-refractivity contribution in [3.63, 3.8) is 0 Å². The second-order valence-electron chi connectivity index (χ2n) is 5.73. The molecule has 3 unspecified atom stereocenters. The summed E-state index contributed by atoms with van der Waals surface area (Å²) in [5.41, 5.74) is 1.54. The van der Waals surface area contributed by atoms with Gasteiger partial charge in [0.15, 0.2) is 0 Å². The van der Waals surface area contributed by atoms with Crippen molar-refractivity contribution in [1.29, 1.82) is 0 Å². The van der Waals surface area contributed by atoms with E-state index in [2.05, 4.69) is 29.1 Å². The first kappa shape index (κ1) is 11.7. The van der Waals surface area contributed by atoms with E-state index in [-0.39, 0.29) is 0 Å². The van der Waals surface area contributed by atoms with Gasteiger partial charge in [0.1, 0.15) is 0 Å². The molecule has 0 saturated heterocycles. The lowest BCUT2D eigenvalue weighted by Crippen LogP contribution is -2.35. The van der Waals surface area contributed by atoms with Crippen LogP contribution in [0.25, 0.3) is 0 Å². The molecule has 94 valence electrons. The molecule has 17 heavy (non-hydrogen) atoms. The summed E-state index contributed by atoms with van der Waals surface area (Å²) in [7, 11) is 0. The van der Waals surface area contributed by atoms with Gasteiger partial charge in [0, 0.05) is 6.04 Å². The van der Waals surface area contributed by atoms with Crippen molar-refractivity contribution in [2.75, 3.05) is 6.54 Å². The zero-order valence-corrected chi connectivity index (χ0v) is 11.5. The average molecular weight is 249 g/mol. The van der Waals surface area contributed by atoms with Gasteiger partial charge in [0.05, 0.1) is 0 Å². The predicted molar refractivity (Wildman–Crippen MR) is 74.4 cm³/mol. The molecule has 1 aromatic rings. The highest BCUT2D eigenvalue weighted by Crippen LogP contribution is 2.59. The molecule has 1 nitrogen and oxygen atoms in total. The van der Waals surface area contributed by atoms with E-state index in [1.54, 1.807) is 0 Å². The molecule has 0 bridgehead atoms. The van der Waals surface area contributed by atoms with Crippen molar-refractivity contribution in [3.05, 3.63) is 22.4 Å². The lowest BCUT2D eigenvalue weighted by molar-refractivity contribution is 0.403. The lowest BCUT2D eigenvalue weighted by Gasteiger charge is -2.20. The minimum Gasteiger partial charge on any atom is -0.313 e. The van der Waals surface area contributed by atoms with Gasteiger partial charge in [-0.3, -0.25) is 0 Å². The van der Waals surface area contributed by atoms with Crippen LogP contribution >= 0.6 is 11.3 Å². The molecule has 0 spiro atoms. The third-order valence-electron chi connectivity index (χ3n) is 4.63. The van der Waals surface area contributed by atoms with Crippen molar-refractivity contribution < 1.29 is 0 Å². The molecular weight excluding hydrogens is 226 g/mol. The molecule has 2 aliphatic carbocycles. The van der Waals surface area contributed by atoms with E-state index in [0.29, 0.717) is 0 Å². The molecule has 1 aromatic heterocycles. The van der Waals surface area contributed by atoms with Crippen molar-refractivity contribution in [1.82, 2.24) is 5.32 Å². The molecule has 2 saturated carbocycles. The fourth-order valence-electron chi connectivity index (χ4n) is 3.81. The molecule has 3 rings (SSSR count). The quantitative estimate of drug-likeness (QED) is 0.810. The van der Waals surface area contributed by atoms with Crippen LogP contribution in [-0.2, 0) is 6.42 Å². The van der Waals surface area contributed by atoms with Crippen molar-refractivity contribution in [2.45, 2.75) is 45.1 Å². The smallest absolute Gasteiger partial charge is 0.0141 e. The highest BCUT2D eigenvalue weighted by Gasteiger charge is 2.55. The second kappa shape index (κ2) is 5.11. The molecule has 1 N–H and O–H groups in total. The predicted octanol–water partition coefficient (Wildman–Crippen LogP) is 3.70. The number of hydrogen-bond acceptors (Lipinski definition) is 2. The van der Waals surface area contributed by atoms with E-state index >= 15 is 0 Å². The zero-order valence-electron chi connectivity index (χ0n) is 10.7. The number of rotatable bonds is 6. The van der Waals surface area contributed by atoms with Gasteiger partial charge in [0.2, 0.25) is 0 Å². The first-order valence-electron chi connectivity index (χ1n) is 7.14. The molecule has 2 aliphatic rings. The molecule has 1 heterocycles. The van der Waals surface area contributed by atoms with Gasteiger partial charge < -0.3 is 5.32 Å².